The molecular formula is C22H23N3OS2. The number of fused-ring (bicyclic) bond motifs is 1. The molecule has 0 bridgehead atoms. The fourth-order valence-corrected chi connectivity index (χ4v) is 4.98. The van der Waals surface area contributed by atoms with Gasteiger partial charge in [-0.15, -0.1) is 23.1 Å². The summed E-state index contributed by atoms with van der Waals surface area (Å²) in [5.74, 6) is 0.394. The molecular weight excluding hydrogens is 386 g/mol. The van der Waals surface area contributed by atoms with E-state index in [9.17, 15) is 4.79 Å². The van der Waals surface area contributed by atoms with E-state index < -0.39 is 0 Å². The molecule has 2 aromatic carbocycles. The van der Waals surface area contributed by atoms with Crippen LogP contribution in [0.2, 0.25) is 0 Å². The van der Waals surface area contributed by atoms with Gasteiger partial charge < -0.3 is 5.32 Å². The molecule has 0 radical (unpaired) electrons. The Morgan fingerprint density at radius 2 is 1.96 bits per heavy atom. The number of amides is 1. The first kappa shape index (κ1) is 19.2. The van der Waals surface area contributed by atoms with Crippen molar-refractivity contribution in [3.8, 4) is 0 Å². The largest absolute Gasteiger partial charge is 0.301 e. The zero-order chi connectivity index (χ0) is 19.3. The fourth-order valence-electron chi connectivity index (χ4n) is 3.22. The first-order valence-corrected chi connectivity index (χ1v) is 11.2. The van der Waals surface area contributed by atoms with Crippen molar-refractivity contribution in [2.45, 2.75) is 31.3 Å². The Morgan fingerprint density at radius 3 is 2.75 bits per heavy atom. The number of nitrogens with one attached hydrogen (secondary N) is 1. The zero-order valence-corrected chi connectivity index (χ0v) is 17.5. The molecule has 1 aliphatic heterocycles. The molecule has 0 spiro atoms. The van der Waals surface area contributed by atoms with E-state index in [0.717, 1.165) is 41.8 Å². The van der Waals surface area contributed by atoms with Crippen LogP contribution >= 0.6 is 23.1 Å². The van der Waals surface area contributed by atoms with E-state index in [0.29, 0.717) is 5.75 Å². The molecule has 0 atom stereocenters. The van der Waals surface area contributed by atoms with E-state index in [1.165, 1.54) is 16.0 Å². The molecule has 3 aromatic rings. The van der Waals surface area contributed by atoms with Crippen molar-refractivity contribution in [3.05, 3.63) is 76.3 Å². The van der Waals surface area contributed by atoms with Gasteiger partial charge in [-0.1, -0.05) is 48.0 Å². The number of rotatable bonds is 6. The fraction of sp³-hybridized carbons (Fsp3) is 0.273. The topological polar surface area (TPSA) is 45.2 Å². The number of carbonyl (C=O) groups excluding carboxylic acids is 1. The highest BCUT2D eigenvalue weighted by atomic mass is 32.2. The molecule has 1 aliphatic rings. The van der Waals surface area contributed by atoms with Crippen molar-refractivity contribution in [1.29, 1.82) is 0 Å². The van der Waals surface area contributed by atoms with Crippen LogP contribution in [0.25, 0.3) is 0 Å². The van der Waals surface area contributed by atoms with Crippen LogP contribution in [0.3, 0.4) is 0 Å². The molecule has 144 valence electrons. The lowest BCUT2D eigenvalue weighted by atomic mass is 10.1. The van der Waals surface area contributed by atoms with Crippen LogP contribution in [-0.2, 0) is 24.3 Å². The van der Waals surface area contributed by atoms with E-state index >= 15 is 0 Å². The number of aryl methyl sites for hydroxylation is 1. The summed E-state index contributed by atoms with van der Waals surface area (Å²) < 4.78 is 0. The van der Waals surface area contributed by atoms with Gasteiger partial charge in [-0.05, 0) is 24.6 Å². The van der Waals surface area contributed by atoms with E-state index in [1.54, 1.807) is 23.1 Å². The summed E-state index contributed by atoms with van der Waals surface area (Å²) in [6, 6.07) is 18.8. The van der Waals surface area contributed by atoms with Crippen LogP contribution in [0.5, 0.6) is 0 Å². The van der Waals surface area contributed by atoms with Crippen molar-refractivity contribution in [1.82, 2.24) is 9.88 Å². The molecule has 0 saturated carbocycles. The normalized spacial score (nSPS) is 13.9. The molecule has 0 fully saturated rings. The van der Waals surface area contributed by atoms with Gasteiger partial charge in [-0.3, -0.25) is 9.69 Å². The summed E-state index contributed by atoms with van der Waals surface area (Å²) in [4.78, 5) is 21.8. The predicted octanol–water partition coefficient (Wildman–Crippen LogP) is 4.74. The van der Waals surface area contributed by atoms with Crippen molar-refractivity contribution in [2.75, 3.05) is 17.6 Å². The molecule has 1 N–H and O–H groups in total. The van der Waals surface area contributed by atoms with Gasteiger partial charge in [0.15, 0.2) is 5.13 Å². The van der Waals surface area contributed by atoms with Crippen LogP contribution in [0.1, 0.15) is 21.7 Å². The number of nitrogens with zero attached hydrogens (tertiary/aromatic N) is 2. The number of hydrogen-bond acceptors (Lipinski definition) is 5. The van der Waals surface area contributed by atoms with E-state index in [1.807, 2.05) is 6.07 Å². The Hall–Kier alpha value is -2.15. The summed E-state index contributed by atoms with van der Waals surface area (Å²) in [6.07, 6.45) is 0.937. The second-order valence-electron chi connectivity index (χ2n) is 6.99. The molecule has 4 rings (SSSR count). The lowest BCUT2D eigenvalue weighted by Gasteiger charge is -2.25. The van der Waals surface area contributed by atoms with E-state index in [2.05, 4.69) is 70.7 Å². The Balaban J connectivity index is 1.31. The summed E-state index contributed by atoms with van der Waals surface area (Å²) in [7, 11) is 0. The third kappa shape index (κ3) is 5.01. The lowest BCUT2D eigenvalue weighted by molar-refractivity contribution is -0.113. The number of carbonyl (C=O) groups is 1. The van der Waals surface area contributed by atoms with Crippen LogP contribution in [-0.4, -0.2) is 28.1 Å². The number of thioether (sulfide) groups is 1. The molecule has 28 heavy (non-hydrogen) atoms. The van der Waals surface area contributed by atoms with Gasteiger partial charge in [0.25, 0.3) is 0 Å². The first-order chi connectivity index (χ1) is 13.7. The molecule has 0 aliphatic carbocycles. The van der Waals surface area contributed by atoms with Gasteiger partial charge in [0.1, 0.15) is 0 Å². The molecule has 1 aromatic heterocycles. The van der Waals surface area contributed by atoms with Crippen molar-refractivity contribution >= 4 is 34.1 Å². The molecule has 0 unspecified atom stereocenters. The third-order valence-corrected chi connectivity index (χ3v) is 6.71. The Labute approximate surface area is 174 Å². The second-order valence-corrected chi connectivity index (χ2v) is 9.12. The minimum Gasteiger partial charge on any atom is -0.301 e. The van der Waals surface area contributed by atoms with Crippen LogP contribution in [0.15, 0.2) is 59.5 Å². The first-order valence-electron chi connectivity index (χ1n) is 9.40. The predicted molar refractivity (Wildman–Crippen MR) is 117 cm³/mol. The molecule has 1 amide bonds. The maximum atomic E-state index is 12.3. The zero-order valence-electron chi connectivity index (χ0n) is 15.9. The summed E-state index contributed by atoms with van der Waals surface area (Å²) >= 11 is 3.16. The molecule has 6 heteroatoms. The van der Waals surface area contributed by atoms with Crippen molar-refractivity contribution in [2.24, 2.45) is 0 Å². The van der Waals surface area contributed by atoms with Crippen LogP contribution < -0.4 is 5.32 Å². The molecule has 2 heterocycles. The Bertz CT molecular complexity index is 938. The maximum Gasteiger partial charge on any atom is 0.236 e. The highest BCUT2D eigenvalue weighted by molar-refractivity contribution is 8.00. The van der Waals surface area contributed by atoms with Crippen LogP contribution in [0.4, 0.5) is 5.13 Å². The number of benzene rings is 2. The monoisotopic (exact) mass is 409 g/mol. The summed E-state index contributed by atoms with van der Waals surface area (Å²) in [5, 5.41) is 3.70. The highest BCUT2D eigenvalue weighted by Crippen LogP contribution is 2.29. The average Bonchev–Trinajstić information content (AvgIpc) is 3.10. The molecule has 0 saturated heterocycles. The minimum absolute atomic E-state index is 0.00202. The SMILES string of the molecule is Cc1ccc(SCC(=O)Nc2nc3c(s2)CN(Cc2ccccc2)CC3)cc1. The van der Waals surface area contributed by atoms with Gasteiger partial charge in [-0.25, -0.2) is 4.98 Å². The van der Waals surface area contributed by atoms with Gasteiger partial charge in [0, 0.05) is 35.8 Å². The number of aromatic nitrogens is 1. The maximum absolute atomic E-state index is 12.3. The second kappa shape index (κ2) is 8.90. The van der Waals surface area contributed by atoms with E-state index in [-0.39, 0.29) is 5.91 Å². The number of thiazole rings is 1. The Morgan fingerprint density at radius 1 is 1.18 bits per heavy atom. The van der Waals surface area contributed by atoms with Crippen molar-refractivity contribution in [3.63, 3.8) is 0 Å². The van der Waals surface area contributed by atoms with Crippen LogP contribution in [0, 0.1) is 6.92 Å². The van der Waals surface area contributed by atoms with Gasteiger partial charge in [-0.2, -0.15) is 0 Å². The standard InChI is InChI=1S/C22H23N3OS2/c1-16-7-9-18(10-8-16)27-15-21(26)24-22-23-19-11-12-25(14-20(19)28-22)13-17-5-3-2-4-6-17/h2-10H,11-15H2,1H3,(H,23,24,26). The smallest absolute Gasteiger partial charge is 0.236 e. The Kier molecular flexibility index (Phi) is 6.10. The van der Waals surface area contributed by atoms with E-state index in [4.69, 9.17) is 0 Å². The average molecular weight is 410 g/mol. The summed E-state index contributed by atoms with van der Waals surface area (Å²) in [5.41, 5.74) is 3.69. The third-order valence-electron chi connectivity index (χ3n) is 4.70. The van der Waals surface area contributed by atoms with Gasteiger partial charge in [0.2, 0.25) is 5.91 Å². The molecule has 4 nitrogen and oxygen atoms in total. The van der Waals surface area contributed by atoms with Gasteiger partial charge >= 0.3 is 0 Å². The quantitative estimate of drug-likeness (QED) is 0.597. The number of anilines is 1. The van der Waals surface area contributed by atoms with Gasteiger partial charge in [0.05, 0.1) is 11.4 Å². The summed E-state index contributed by atoms with van der Waals surface area (Å²) in [6.45, 7) is 4.91. The minimum atomic E-state index is -0.00202. The lowest BCUT2D eigenvalue weighted by Crippen LogP contribution is -2.29. The van der Waals surface area contributed by atoms with Crippen molar-refractivity contribution < 1.29 is 4.79 Å². The highest BCUT2D eigenvalue weighted by Gasteiger charge is 2.21. The number of hydrogen-bond donors (Lipinski definition) is 1.